The van der Waals surface area contributed by atoms with E-state index >= 15 is 0 Å². The molecule has 1 N–H and O–H groups in total. The van der Waals surface area contributed by atoms with E-state index in [1.165, 1.54) is 5.57 Å². The quantitative estimate of drug-likeness (QED) is 0.625. The Morgan fingerprint density at radius 1 is 1.38 bits per heavy atom. The van der Waals surface area contributed by atoms with Crippen LogP contribution in [0.2, 0.25) is 0 Å². The Bertz CT molecular complexity index is 364. The van der Waals surface area contributed by atoms with Gasteiger partial charge in [0.05, 0.1) is 5.92 Å². The Kier molecular flexibility index (Phi) is 9.32. The molecule has 0 spiro atoms. The second kappa shape index (κ2) is 9.81. The van der Waals surface area contributed by atoms with Crippen LogP contribution in [0.3, 0.4) is 0 Å². The van der Waals surface area contributed by atoms with Crippen molar-refractivity contribution in [1.29, 1.82) is 0 Å². The van der Waals surface area contributed by atoms with E-state index < -0.39 is 5.97 Å². The fraction of sp³-hybridized carbons (Fsp3) is 0.737. The molecule has 0 aliphatic heterocycles. The number of allylic oxidation sites excluding steroid dienone is 4. The molecule has 122 valence electrons. The molecular formula is C19H34O2. The van der Waals surface area contributed by atoms with E-state index in [9.17, 15) is 9.90 Å². The number of aliphatic carboxylic acids is 1. The number of hydrogen-bond donors (Lipinski definition) is 1. The third-order valence-corrected chi connectivity index (χ3v) is 4.30. The Morgan fingerprint density at radius 3 is 2.43 bits per heavy atom. The summed E-state index contributed by atoms with van der Waals surface area (Å²) < 4.78 is 0. The van der Waals surface area contributed by atoms with Crippen molar-refractivity contribution in [1.82, 2.24) is 0 Å². The summed E-state index contributed by atoms with van der Waals surface area (Å²) in [5, 5.41) is 9.62. The van der Waals surface area contributed by atoms with E-state index in [0.717, 1.165) is 32.1 Å². The zero-order valence-corrected chi connectivity index (χ0v) is 14.8. The molecule has 2 nitrogen and oxygen atoms in total. The molecule has 0 aromatic heterocycles. The molecule has 0 amide bonds. The minimum atomic E-state index is -0.640. The molecule has 0 saturated heterocycles. The fourth-order valence-corrected chi connectivity index (χ4v) is 3.27. The molecule has 1 rings (SSSR count). The summed E-state index contributed by atoms with van der Waals surface area (Å²) in [5.74, 6) is -0.700. The molecule has 1 aliphatic carbocycles. The lowest BCUT2D eigenvalue weighted by Crippen LogP contribution is -2.37. The third kappa shape index (κ3) is 6.50. The SMILES string of the molecule is CC.CC(C)=CCC[C@@H](C)C(C(=O)O)C1(C)C=CCCC1. The van der Waals surface area contributed by atoms with E-state index in [1.807, 2.05) is 13.8 Å². The minimum Gasteiger partial charge on any atom is -0.481 e. The maximum Gasteiger partial charge on any atom is 0.307 e. The van der Waals surface area contributed by atoms with E-state index in [4.69, 9.17) is 0 Å². The summed E-state index contributed by atoms with van der Waals surface area (Å²) in [4.78, 5) is 11.7. The van der Waals surface area contributed by atoms with Gasteiger partial charge in [-0.05, 0) is 57.3 Å². The lowest BCUT2D eigenvalue weighted by molar-refractivity contribution is -0.148. The lowest BCUT2D eigenvalue weighted by atomic mass is 9.65. The largest absolute Gasteiger partial charge is 0.481 e. The molecule has 0 aromatic carbocycles. The van der Waals surface area contributed by atoms with Gasteiger partial charge in [0.2, 0.25) is 0 Å². The van der Waals surface area contributed by atoms with Crippen LogP contribution in [-0.2, 0) is 4.79 Å². The van der Waals surface area contributed by atoms with Crippen LogP contribution < -0.4 is 0 Å². The van der Waals surface area contributed by atoms with Gasteiger partial charge in [0.15, 0.2) is 0 Å². The Labute approximate surface area is 131 Å². The lowest BCUT2D eigenvalue weighted by Gasteiger charge is -2.38. The first kappa shape index (κ1) is 19.9. The first-order valence-electron chi connectivity index (χ1n) is 8.40. The standard InChI is InChI=1S/C17H28O2.C2H6/c1-13(2)9-8-10-14(3)15(16(18)19)17(4)11-6-5-7-12-17;1-2/h6,9,11,14-15H,5,7-8,10,12H2,1-4H3,(H,18,19);1-2H3/t14-,15?,17?;/m1./s1. The summed E-state index contributed by atoms with van der Waals surface area (Å²) in [6, 6.07) is 0. The molecule has 21 heavy (non-hydrogen) atoms. The van der Waals surface area contributed by atoms with Crippen LogP contribution in [0.15, 0.2) is 23.8 Å². The number of hydrogen-bond acceptors (Lipinski definition) is 1. The molecular weight excluding hydrogens is 260 g/mol. The van der Waals surface area contributed by atoms with Gasteiger partial charge >= 0.3 is 5.97 Å². The Hall–Kier alpha value is -1.05. The molecule has 0 bridgehead atoms. The van der Waals surface area contributed by atoms with E-state index in [-0.39, 0.29) is 17.3 Å². The van der Waals surface area contributed by atoms with Crippen molar-refractivity contribution < 1.29 is 9.90 Å². The topological polar surface area (TPSA) is 37.3 Å². The Balaban J connectivity index is 0.00000191. The Morgan fingerprint density at radius 2 is 2.00 bits per heavy atom. The van der Waals surface area contributed by atoms with Crippen LogP contribution in [0.1, 0.15) is 73.6 Å². The van der Waals surface area contributed by atoms with Gasteiger partial charge in [-0.1, -0.05) is 51.5 Å². The van der Waals surface area contributed by atoms with Gasteiger partial charge in [-0.15, -0.1) is 0 Å². The van der Waals surface area contributed by atoms with Crippen LogP contribution in [0.5, 0.6) is 0 Å². The second-order valence-electron chi connectivity index (χ2n) is 6.45. The van der Waals surface area contributed by atoms with Crippen LogP contribution in [0.4, 0.5) is 0 Å². The third-order valence-electron chi connectivity index (χ3n) is 4.30. The van der Waals surface area contributed by atoms with Crippen molar-refractivity contribution in [3.05, 3.63) is 23.8 Å². The van der Waals surface area contributed by atoms with Crippen molar-refractivity contribution in [2.24, 2.45) is 17.3 Å². The van der Waals surface area contributed by atoms with Gasteiger partial charge in [0.1, 0.15) is 0 Å². The smallest absolute Gasteiger partial charge is 0.307 e. The predicted octanol–water partition coefficient (Wildman–Crippen LogP) is 5.84. The number of rotatable bonds is 6. The average molecular weight is 294 g/mol. The zero-order chi connectivity index (χ0) is 16.5. The van der Waals surface area contributed by atoms with Crippen LogP contribution in [-0.4, -0.2) is 11.1 Å². The van der Waals surface area contributed by atoms with Crippen LogP contribution in [0, 0.1) is 17.3 Å². The molecule has 2 unspecified atom stereocenters. The van der Waals surface area contributed by atoms with Gasteiger partial charge in [0.25, 0.3) is 0 Å². The van der Waals surface area contributed by atoms with Gasteiger partial charge in [-0.2, -0.15) is 0 Å². The summed E-state index contributed by atoms with van der Waals surface area (Å²) in [7, 11) is 0. The molecule has 0 saturated carbocycles. The number of carboxylic acid groups (broad SMARTS) is 1. The maximum absolute atomic E-state index is 11.7. The van der Waals surface area contributed by atoms with Gasteiger partial charge in [-0.3, -0.25) is 4.79 Å². The van der Waals surface area contributed by atoms with Crippen molar-refractivity contribution in [2.75, 3.05) is 0 Å². The summed E-state index contributed by atoms with van der Waals surface area (Å²) in [6.07, 6.45) is 11.6. The van der Waals surface area contributed by atoms with Crippen molar-refractivity contribution in [3.63, 3.8) is 0 Å². The summed E-state index contributed by atoms with van der Waals surface area (Å²) >= 11 is 0. The van der Waals surface area contributed by atoms with Crippen molar-refractivity contribution in [3.8, 4) is 0 Å². The average Bonchev–Trinajstić information content (AvgIpc) is 2.40. The predicted molar refractivity (Wildman–Crippen MR) is 91.4 cm³/mol. The summed E-state index contributed by atoms with van der Waals surface area (Å²) in [6.45, 7) is 12.4. The first-order chi connectivity index (χ1) is 9.87. The highest BCUT2D eigenvalue weighted by molar-refractivity contribution is 5.72. The fourth-order valence-electron chi connectivity index (χ4n) is 3.27. The van der Waals surface area contributed by atoms with E-state index in [2.05, 4.69) is 45.9 Å². The number of carbonyl (C=O) groups is 1. The normalized spacial score (nSPS) is 23.5. The zero-order valence-electron chi connectivity index (χ0n) is 14.8. The van der Waals surface area contributed by atoms with Gasteiger partial charge in [0, 0.05) is 0 Å². The maximum atomic E-state index is 11.7. The van der Waals surface area contributed by atoms with E-state index in [0.29, 0.717) is 0 Å². The van der Waals surface area contributed by atoms with Crippen LogP contribution in [0.25, 0.3) is 0 Å². The van der Waals surface area contributed by atoms with Gasteiger partial charge < -0.3 is 5.11 Å². The van der Waals surface area contributed by atoms with E-state index in [1.54, 1.807) is 0 Å². The molecule has 2 heteroatoms. The second-order valence-corrected chi connectivity index (χ2v) is 6.45. The highest BCUT2D eigenvalue weighted by Crippen LogP contribution is 2.43. The number of carboxylic acids is 1. The van der Waals surface area contributed by atoms with Crippen molar-refractivity contribution >= 4 is 5.97 Å². The molecule has 0 heterocycles. The molecule has 0 radical (unpaired) electrons. The first-order valence-corrected chi connectivity index (χ1v) is 8.40. The van der Waals surface area contributed by atoms with Crippen LogP contribution >= 0.6 is 0 Å². The highest BCUT2D eigenvalue weighted by atomic mass is 16.4. The monoisotopic (exact) mass is 294 g/mol. The van der Waals surface area contributed by atoms with Gasteiger partial charge in [-0.25, -0.2) is 0 Å². The minimum absolute atomic E-state index is 0.172. The molecule has 0 aromatic rings. The summed E-state index contributed by atoms with van der Waals surface area (Å²) in [5.41, 5.74) is 1.14. The highest BCUT2D eigenvalue weighted by Gasteiger charge is 2.40. The van der Waals surface area contributed by atoms with Crippen molar-refractivity contribution in [2.45, 2.75) is 73.6 Å². The molecule has 1 aliphatic rings. The molecule has 0 fully saturated rings. The molecule has 3 atom stereocenters.